The van der Waals surface area contributed by atoms with Crippen LogP contribution in [0, 0.1) is 5.92 Å². The summed E-state index contributed by atoms with van der Waals surface area (Å²) in [6.07, 6.45) is 14.8. The Balaban J connectivity index is 1.20. The summed E-state index contributed by atoms with van der Waals surface area (Å²) in [7, 11) is 0. The molecular weight excluding hydrogens is 576 g/mol. The van der Waals surface area contributed by atoms with Crippen LogP contribution in [0.15, 0.2) is 144 Å². The molecule has 0 saturated carbocycles. The summed E-state index contributed by atoms with van der Waals surface area (Å²) in [5.41, 5.74) is 4.34. The van der Waals surface area contributed by atoms with Crippen molar-refractivity contribution in [2.24, 2.45) is 5.92 Å². The molecule has 8 aromatic rings. The maximum atomic E-state index is 6.54. The van der Waals surface area contributed by atoms with Gasteiger partial charge >= 0.3 is 0 Å². The fourth-order valence-corrected chi connectivity index (χ4v) is 7.17. The van der Waals surface area contributed by atoms with Crippen molar-refractivity contribution in [3.05, 3.63) is 151 Å². The van der Waals surface area contributed by atoms with Crippen molar-refractivity contribution >= 4 is 49.4 Å². The van der Waals surface area contributed by atoms with E-state index < -0.39 is 0 Å². The molecule has 0 aliphatic heterocycles. The summed E-state index contributed by atoms with van der Waals surface area (Å²) in [6.45, 7) is 0. The monoisotopic (exact) mass is 602 g/mol. The van der Waals surface area contributed by atoms with E-state index >= 15 is 0 Å². The molecule has 3 heterocycles. The zero-order chi connectivity index (χ0) is 30.9. The van der Waals surface area contributed by atoms with Gasteiger partial charge in [0.1, 0.15) is 17.0 Å². The van der Waals surface area contributed by atoms with Gasteiger partial charge in [0.2, 0.25) is 0 Å². The molecule has 47 heavy (non-hydrogen) atoms. The van der Waals surface area contributed by atoms with Crippen LogP contribution in [0.5, 0.6) is 0 Å². The minimum Gasteiger partial charge on any atom is -0.460 e. The van der Waals surface area contributed by atoms with Crippen molar-refractivity contribution in [1.82, 2.24) is 19.9 Å². The standard InChI is InChI=1S/C42H26N4O/c1-2-10-28-23-30(16-13-25(28)7-1)40-44-41(31-18-19-33-29(24-31)15-14-26-8-3-5-11-32(26)33)46-42(45-40)38-37-35-20-17-27-9-4-6-12-34(27)39(35)47-36(37)21-22-43-38/h1-24,27,34H. The van der Waals surface area contributed by atoms with Gasteiger partial charge in [-0.15, -0.1) is 0 Å². The average Bonchev–Trinajstić information content (AvgIpc) is 3.54. The number of rotatable bonds is 3. The third kappa shape index (κ3) is 4.17. The number of aromatic nitrogens is 4. The Hall–Kier alpha value is -6.20. The quantitative estimate of drug-likeness (QED) is 0.188. The fraction of sp³-hybridized carbons (Fsp3) is 0.0476. The van der Waals surface area contributed by atoms with Gasteiger partial charge in [0.05, 0.1) is 5.39 Å². The number of allylic oxidation sites excluding steroid dienone is 5. The molecule has 0 N–H and O–H groups in total. The molecule has 220 valence electrons. The summed E-state index contributed by atoms with van der Waals surface area (Å²) in [5, 5.41) is 8.00. The Morgan fingerprint density at radius 3 is 2.13 bits per heavy atom. The molecule has 0 radical (unpaired) electrons. The molecule has 0 spiro atoms. The second-order valence-corrected chi connectivity index (χ2v) is 12.2. The topological polar surface area (TPSA) is 64.7 Å². The third-order valence-corrected chi connectivity index (χ3v) is 9.49. The molecule has 0 fully saturated rings. The molecule has 2 atom stereocenters. The van der Waals surface area contributed by atoms with Crippen molar-refractivity contribution < 1.29 is 4.42 Å². The number of nitrogens with zero attached hydrogens (tertiary/aromatic N) is 4. The van der Waals surface area contributed by atoms with Crippen molar-refractivity contribution in [2.75, 3.05) is 0 Å². The second-order valence-electron chi connectivity index (χ2n) is 12.2. The first-order valence-corrected chi connectivity index (χ1v) is 15.9. The highest BCUT2D eigenvalue weighted by Crippen LogP contribution is 2.44. The number of furan rings is 1. The first-order valence-electron chi connectivity index (χ1n) is 15.9. The van der Waals surface area contributed by atoms with Crippen LogP contribution in [0.4, 0.5) is 0 Å². The van der Waals surface area contributed by atoms with Crippen LogP contribution in [0.2, 0.25) is 0 Å². The van der Waals surface area contributed by atoms with Gasteiger partial charge in [-0.05, 0) is 50.5 Å². The Bertz CT molecular complexity index is 2660. The Labute approximate surface area is 270 Å². The molecule has 0 amide bonds. The van der Waals surface area contributed by atoms with Gasteiger partial charge in [-0.3, -0.25) is 4.98 Å². The van der Waals surface area contributed by atoms with Crippen molar-refractivity contribution in [2.45, 2.75) is 5.92 Å². The molecule has 5 nitrogen and oxygen atoms in total. The zero-order valence-electron chi connectivity index (χ0n) is 25.2. The zero-order valence-corrected chi connectivity index (χ0v) is 25.2. The summed E-state index contributed by atoms with van der Waals surface area (Å²) in [4.78, 5) is 20.2. The predicted octanol–water partition coefficient (Wildman–Crippen LogP) is 10.3. The lowest BCUT2D eigenvalue weighted by molar-refractivity contribution is 0.492. The Morgan fingerprint density at radius 1 is 0.553 bits per heavy atom. The van der Waals surface area contributed by atoms with E-state index in [0.29, 0.717) is 23.2 Å². The average molecular weight is 603 g/mol. The summed E-state index contributed by atoms with van der Waals surface area (Å²) < 4.78 is 6.54. The van der Waals surface area contributed by atoms with Crippen LogP contribution in [-0.2, 0) is 0 Å². The number of fused-ring (bicyclic) bond motifs is 9. The summed E-state index contributed by atoms with van der Waals surface area (Å²) in [6, 6.07) is 35.9. The van der Waals surface area contributed by atoms with Gasteiger partial charge in [0.25, 0.3) is 0 Å². The molecule has 2 aliphatic rings. The van der Waals surface area contributed by atoms with Gasteiger partial charge in [0, 0.05) is 34.7 Å². The SMILES string of the molecule is C1=CC2C=Cc3c(oc4ccnc(-c5nc(-c6ccc7ccccc7c6)nc(-c6ccc7c(ccc8ccccc87)c6)n5)c34)C2C=C1. The maximum absolute atomic E-state index is 6.54. The molecule has 5 heteroatoms. The summed E-state index contributed by atoms with van der Waals surface area (Å²) >= 11 is 0. The van der Waals surface area contributed by atoms with Gasteiger partial charge in [-0.1, -0.05) is 121 Å². The van der Waals surface area contributed by atoms with Gasteiger partial charge in [-0.25, -0.2) is 15.0 Å². The highest BCUT2D eigenvalue weighted by molar-refractivity contribution is 6.08. The van der Waals surface area contributed by atoms with Crippen LogP contribution < -0.4 is 0 Å². The van der Waals surface area contributed by atoms with Crippen LogP contribution in [0.3, 0.4) is 0 Å². The van der Waals surface area contributed by atoms with E-state index in [1.807, 2.05) is 6.07 Å². The fourth-order valence-electron chi connectivity index (χ4n) is 7.17. The van der Waals surface area contributed by atoms with E-state index in [-0.39, 0.29) is 11.8 Å². The first kappa shape index (κ1) is 26.1. The molecule has 5 aromatic carbocycles. The van der Waals surface area contributed by atoms with Crippen LogP contribution in [0.1, 0.15) is 17.2 Å². The van der Waals surface area contributed by atoms with E-state index in [2.05, 4.69) is 134 Å². The van der Waals surface area contributed by atoms with Crippen LogP contribution in [-0.4, -0.2) is 19.9 Å². The lowest BCUT2D eigenvalue weighted by Gasteiger charge is -2.23. The van der Waals surface area contributed by atoms with Crippen molar-refractivity contribution in [3.8, 4) is 34.3 Å². The highest BCUT2D eigenvalue weighted by Gasteiger charge is 2.31. The number of hydrogen-bond donors (Lipinski definition) is 0. The van der Waals surface area contributed by atoms with E-state index in [0.717, 1.165) is 44.2 Å². The van der Waals surface area contributed by atoms with E-state index in [9.17, 15) is 0 Å². The van der Waals surface area contributed by atoms with Crippen molar-refractivity contribution in [3.63, 3.8) is 0 Å². The molecule has 2 unspecified atom stereocenters. The maximum Gasteiger partial charge on any atom is 0.183 e. The van der Waals surface area contributed by atoms with E-state index in [1.165, 1.54) is 21.5 Å². The normalized spacial score (nSPS) is 16.7. The van der Waals surface area contributed by atoms with Gasteiger partial charge < -0.3 is 4.42 Å². The molecule has 10 rings (SSSR count). The molecular formula is C42H26N4O. The van der Waals surface area contributed by atoms with Crippen molar-refractivity contribution in [1.29, 1.82) is 0 Å². The van der Waals surface area contributed by atoms with E-state index in [4.69, 9.17) is 24.4 Å². The first-order chi connectivity index (χ1) is 23.3. The number of benzene rings is 5. The highest BCUT2D eigenvalue weighted by atomic mass is 16.3. The molecule has 0 saturated heterocycles. The smallest absolute Gasteiger partial charge is 0.183 e. The molecule has 3 aromatic heterocycles. The third-order valence-electron chi connectivity index (χ3n) is 9.49. The number of hydrogen-bond acceptors (Lipinski definition) is 5. The lowest BCUT2D eigenvalue weighted by atomic mass is 9.80. The van der Waals surface area contributed by atoms with Gasteiger partial charge in [0.15, 0.2) is 17.5 Å². The summed E-state index contributed by atoms with van der Waals surface area (Å²) in [5.74, 6) is 3.09. The van der Waals surface area contributed by atoms with E-state index in [1.54, 1.807) is 6.20 Å². The lowest BCUT2D eigenvalue weighted by Crippen LogP contribution is -2.11. The predicted molar refractivity (Wildman–Crippen MR) is 190 cm³/mol. The van der Waals surface area contributed by atoms with Crippen LogP contribution in [0.25, 0.3) is 83.7 Å². The minimum absolute atomic E-state index is 0.149. The Morgan fingerprint density at radius 2 is 1.23 bits per heavy atom. The molecule has 2 aliphatic carbocycles. The van der Waals surface area contributed by atoms with Crippen LogP contribution >= 0.6 is 0 Å². The molecule has 0 bridgehead atoms. The Kier molecular flexibility index (Phi) is 5.63. The van der Waals surface area contributed by atoms with Gasteiger partial charge in [-0.2, -0.15) is 0 Å². The number of pyridine rings is 1. The second kappa shape index (κ2) is 10.2. The largest absolute Gasteiger partial charge is 0.460 e. The minimum atomic E-state index is 0.149.